The number of rotatable bonds is 13. The molecule has 8 N–H and O–H groups in total. The van der Waals surface area contributed by atoms with E-state index in [1.807, 2.05) is 6.07 Å². The Hall–Kier alpha value is -2.98. The van der Waals surface area contributed by atoms with E-state index in [9.17, 15) is 19.2 Å². The number of aliphatic carboxylic acids is 1. The van der Waals surface area contributed by atoms with Crippen LogP contribution in [0.15, 0.2) is 30.3 Å². The number of hydrogen-bond donors (Lipinski definition) is 6. The fourth-order valence-electron chi connectivity index (χ4n) is 2.72. The average Bonchev–Trinajstić information content (AvgIpc) is 2.72. The van der Waals surface area contributed by atoms with E-state index in [4.69, 9.17) is 16.6 Å². The fraction of sp³-hybridized carbons (Fsp3) is 0.500. The molecule has 1 rings (SSSR count). The van der Waals surface area contributed by atoms with Crippen molar-refractivity contribution in [2.45, 2.75) is 50.7 Å². The van der Waals surface area contributed by atoms with Crippen molar-refractivity contribution in [1.82, 2.24) is 16.0 Å². The van der Waals surface area contributed by atoms with Crippen molar-refractivity contribution < 1.29 is 24.3 Å². The van der Waals surface area contributed by atoms with Gasteiger partial charge in [-0.15, -0.1) is 0 Å². The molecule has 0 aliphatic rings. The molecule has 0 radical (unpaired) electrons. The molecule has 0 bridgehead atoms. The first-order valence-electron chi connectivity index (χ1n) is 9.85. The zero-order valence-electron chi connectivity index (χ0n) is 17.1. The highest BCUT2D eigenvalue weighted by Crippen LogP contribution is 2.06. The van der Waals surface area contributed by atoms with Crippen LogP contribution in [0.2, 0.25) is 0 Å². The fourth-order valence-corrected chi connectivity index (χ4v) is 2.72. The maximum absolute atomic E-state index is 12.8. The lowest BCUT2D eigenvalue weighted by atomic mass is 10.0. The number of carbonyl (C=O) groups excluding carboxylic acids is 3. The molecule has 0 spiro atoms. The topological polar surface area (TPSA) is 177 Å². The van der Waals surface area contributed by atoms with Crippen molar-refractivity contribution in [1.29, 1.82) is 0 Å². The second-order valence-electron chi connectivity index (χ2n) is 6.93. The summed E-state index contributed by atoms with van der Waals surface area (Å²) in [5.74, 6) is -2.87. The van der Waals surface area contributed by atoms with Crippen molar-refractivity contribution in [2.75, 3.05) is 13.1 Å². The van der Waals surface area contributed by atoms with Gasteiger partial charge in [-0.05, 0) is 38.3 Å². The van der Waals surface area contributed by atoms with Crippen LogP contribution in [-0.4, -0.2) is 60.0 Å². The van der Waals surface area contributed by atoms with E-state index in [1.54, 1.807) is 24.3 Å². The Morgan fingerprint density at radius 2 is 1.57 bits per heavy atom. The number of nitrogens with two attached hydrogens (primary N) is 2. The maximum atomic E-state index is 12.8. The van der Waals surface area contributed by atoms with Crippen LogP contribution >= 0.6 is 0 Å². The van der Waals surface area contributed by atoms with E-state index in [0.717, 1.165) is 5.56 Å². The Morgan fingerprint density at radius 3 is 2.13 bits per heavy atom. The summed E-state index contributed by atoms with van der Waals surface area (Å²) in [6.07, 6.45) is 1.77. The number of nitrogens with one attached hydrogen (secondary N) is 3. The van der Waals surface area contributed by atoms with Crippen molar-refractivity contribution in [3.8, 4) is 0 Å². The van der Waals surface area contributed by atoms with Gasteiger partial charge >= 0.3 is 5.97 Å². The van der Waals surface area contributed by atoms with Crippen LogP contribution in [0.5, 0.6) is 0 Å². The van der Waals surface area contributed by atoms with E-state index in [1.165, 1.54) is 6.92 Å². The highest BCUT2D eigenvalue weighted by molar-refractivity contribution is 5.93. The summed E-state index contributed by atoms with van der Waals surface area (Å²) < 4.78 is 0. The minimum atomic E-state index is -1.19. The molecule has 0 saturated heterocycles. The van der Waals surface area contributed by atoms with Gasteiger partial charge in [-0.25, -0.2) is 0 Å². The van der Waals surface area contributed by atoms with E-state index in [2.05, 4.69) is 16.0 Å². The predicted octanol–water partition coefficient (Wildman–Crippen LogP) is -1.12. The molecule has 30 heavy (non-hydrogen) atoms. The second kappa shape index (κ2) is 13.3. The molecule has 3 unspecified atom stereocenters. The Morgan fingerprint density at radius 1 is 0.933 bits per heavy atom. The second-order valence-corrected chi connectivity index (χ2v) is 6.93. The molecule has 0 heterocycles. The number of carboxylic acid groups (broad SMARTS) is 1. The summed E-state index contributed by atoms with van der Waals surface area (Å²) in [5, 5.41) is 16.6. The predicted molar refractivity (Wildman–Crippen MR) is 111 cm³/mol. The van der Waals surface area contributed by atoms with Gasteiger partial charge in [-0.1, -0.05) is 30.3 Å². The quantitative estimate of drug-likeness (QED) is 0.218. The summed E-state index contributed by atoms with van der Waals surface area (Å²) >= 11 is 0. The van der Waals surface area contributed by atoms with Gasteiger partial charge in [-0.3, -0.25) is 19.2 Å². The molecule has 10 nitrogen and oxygen atoms in total. The summed E-state index contributed by atoms with van der Waals surface area (Å²) in [6, 6.07) is 5.98. The third-order valence-electron chi connectivity index (χ3n) is 4.43. The summed E-state index contributed by atoms with van der Waals surface area (Å²) in [6.45, 7) is 1.51. The van der Waals surface area contributed by atoms with Crippen molar-refractivity contribution in [3.63, 3.8) is 0 Å². The third-order valence-corrected chi connectivity index (χ3v) is 4.43. The molecule has 3 atom stereocenters. The molecule has 0 fully saturated rings. The van der Waals surface area contributed by atoms with Gasteiger partial charge in [0.2, 0.25) is 17.7 Å². The van der Waals surface area contributed by atoms with Crippen LogP contribution in [-0.2, 0) is 25.6 Å². The lowest BCUT2D eigenvalue weighted by Gasteiger charge is -2.24. The number of benzene rings is 1. The molecule has 0 aromatic heterocycles. The molecular weight excluding hydrogens is 390 g/mol. The number of hydrogen-bond acceptors (Lipinski definition) is 6. The van der Waals surface area contributed by atoms with Crippen LogP contribution in [0.3, 0.4) is 0 Å². The molecule has 3 amide bonds. The van der Waals surface area contributed by atoms with Crippen molar-refractivity contribution in [3.05, 3.63) is 35.9 Å². The monoisotopic (exact) mass is 421 g/mol. The van der Waals surface area contributed by atoms with Crippen LogP contribution in [0.1, 0.15) is 31.7 Å². The zero-order chi connectivity index (χ0) is 22.5. The average molecular weight is 421 g/mol. The van der Waals surface area contributed by atoms with Crippen LogP contribution in [0, 0.1) is 0 Å². The summed E-state index contributed by atoms with van der Waals surface area (Å²) in [7, 11) is 0. The molecule has 10 heteroatoms. The third kappa shape index (κ3) is 9.01. The smallest absolute Gasteiger partial charge is 0.325 e. The van der Waals surface area contributed by atoms with Gasteiger partial charge in [0.25, 0.3) is 0 Å². The molecule has 0 aliphatic heterocycles. The highest BCUT2D eigenvalue weighted by atomic mass is 16.4. The van der Waals surface area contributed by atoms with E-state index >= 15 is 0 Å². The standard InChI is InChI=1S/C20H31N5O5/c1-13(20(29)30)23-19(28)16(11-14-7-3-2-4-8-14)25-18(27)15(9-5-6-10-21)24-17(26)12-22/h2-4,7-8,13,15-16H,5-6,9-12,21-22H2,1H3,(H,23,28)(H,24,26)(H,25,27)(H,29,30). The minimum absolute atomic E-state index is 0.158. The molecule has 0 aliphatic carbocycles. The lowest BCUT2D eigenvalue weighted by Crippen LogP contribution is -2.56. The molecular formula is C20H31N5O5. The van der Waals surface area contributed by atoms with Gasteiger partial charge in [0.15, 0.2) is 0 Å². The van der Waals surface area contributed by atoms with Crippen molar-refractivity contribution >= 4 is 23.7 Å². The van der Waals surface area contributed by atoms with E-state index in [-0.39, 0.29) is 13.0 Å². The Labute approximate surface area is 175 Å². The Balaban J connectivity index is 2.96. The largest absolute Gasteiger partial charge is 0.480 e. The molecule has 1 aromatic rings. The Kier molecular flexibility index (Phi) is 11.1. The van der Waals surface area contributed by atoms with Gasteiger partial charge in [0.05, 0.1) is 6.54 Å². The first kappa shape index (κ1) is 25.1. The highest BCUT2D eigenvalue weighted by Gasteiger charge is 2.28. The van der Waals surface area contributed by atoms with Gasteiger partial charge in [0, 0.05) is 6.42 Å². The van der Waals surface area contributed by atoms with Crippen LogP contribution in [0.25, 0.3) is 0 Å². The number of amides is 3. The first-order chi connectivity index (χ1) is 14.3. The number of carbonyl (C=O) groups is 4. The van der Waals surface area contributed by atoms with Gasteiger partial charge in [-0.2, -0.15) is 0 Å². The molecule has 0 saturated carbocycles. The van der Waals surface area contributed by atoms with E-state index in [0.29, 0.717) is 25.8 Å². The summed E-state index contributed by atoms with van der Waals surface area (Å²) in [5.41, 5.74) is 11.6. The van der Waals surface area contributed by atoms with Crippen LogP contribution < -0.4 is 27.4 Å². The van der Waals surface area contributed by atoms with Crippen LogP contribution in [0.4, 0.5) is 0 Å². The van der Waals surface area contributed by atoms with E-state index < -0.39 is 41.8 Å². The normalized spacial score (nSPS) is 13.6. The lowest BCUT2D eigenvalue weighted by molar-refractivity contribution is -0.141. The number of carboxylic acids is 1. The van der Waals surface area contributed by atoms with Gasteiger partial charge < -0.3 is 32.5 Å². The molecule has 166 valence electrons. The van der Waals surface area contributed by atoms with Gasteiger partial charge in [0.1, 0.15) is 18.1 Å². The van der Waals surface area contributed by atoms with Crippen molar-refractivity contribution in [2.24, 2.45) is 11.5 Å². The molecule has 1 aromatic carbocycles. The Bertz CT molecular complexity index is 713. The minimum Gasteiger partial charge on any atom is -0.480 e. The maximum Gasteiger partial charge on any atom is 0.325 e. The SMILES string of the molecule is CC(NC(=O)C(Cc1ccccc1)NC(=O)C(CCCCN)NC(=O)CN)C(=O)O. The number of unbranched alkanes of at least 4 members (excludes halogenated alkanes) is 1. The summed E-state index contributed by atoms with van der Waals surface area (Å²) in [4.78, 5) is 48.2. The zero-order valence-corrected chi connectivity index (χ0v) is 17.1. The first-order valence-corrected chi connectivity index (χ1v) is 9.85.